The maximum Gasteiger partial charge on any atom is 0.226 e. The van der Waals surface area contributed by atoms with Crippen LogP contribution in [0.25, 0.3) is 22.4 Å². The highest BCUT2D eigenvalue weighted by Gasteiger charge is 2.10. The van der Waals surface area contributed by atoms with Crippen LogP contribution in [0.15, 0.2) is 48.0 Å². The number of hydrogen-bond donors (Lipinski definition) is 3. The van der Waals surface area contributed by atoms with Crippen LogP contribution in [-0.2, 0) is 11.2 Å². The molecule has 0 saturated carbocycles. The number of amides is 1. The molecule has 4 aromatic rings. The predicted molar refractivity (Wildman–Crippen MR) is 94.9 cm³/mol. The standard InChI is InChI=1S/C17H15N5OS/c23-16(8-7-15-19-12-4-1-2-5-13(12)20-15)22-17-21-14(10-24-17)11-6-3-9-18-11/h1-6,9-10,18H,7-8H2,(H,19,20)(H,21,22,23). The van der Waals surface area contributed by atoms with Gasteiger partial charge in [-0.05, 0) is 24.3 Å². The molecular weight excluding hydrogens is 322 g/mol. The van der Waals surface area contributed by atoms with Gasteiger partial charge in [0.15, 0.2) is 5.13 Å². The van der Waals surface area contributed by atoms with E-state index in [1.54, 1.807) is 0 Å². The van der Waals surface area contributed by atoms with Crippen molar-refractivity contribution >= 4 is 33.4 Å². The van der Waals surface area contributed by atoms with Crippen molar-refractivity contribution in [1.82, 2.24) is 19.9 Å². The maximum atomic E-state index is 12.1. The van der Waals surface area contributed by atoms with E-state index < -0.39 is 0 Å². The van der Waals surface area contributed by atoms with Crippen molar-refractivity contribution in [3.05, 3.63) is 53.8 Å². The molecular formula is C17H15N5OS. The van der Waals surface area contributed by atoms with Gasteiger partial charge in [0.1, 0.15) is 5.82 Å². The fraction of sp³-hybridized carbons (Fsp3) is 0.118. The Bertz CT molecular complexity index is 937. The van der Waals surface area contributed by atoms with Gasteiger partial charge in [-0.2, -0.15) is 0 Å². The van der Waals surface area contributed by atoms with Crippen molar-refractivity contribution in [2.75, 3.05) is 5.32 Å². The Morgan fingerprint density at radius 2 is 2.08 bits per heavy atom. The number of aryl methyl sites for hydroxylation is 1. The van der Waals surface area contributed by atoms with E-state index in [9.17, 15) is 4.79 Å². The number of benzene rings is 1. The number of fused-ring (bicyclic) bond motifs is 1. The second kappa shape index (κ2) is 6.29. The van der Waals surface area contributed by atoms with Crippen molar-refractivity contribution in [3.63, 3.8) is 0 Å². The second-order valence-corrected chi connectivity index (χ2v) is 6.23. The predicted octanol–water partition coefficient (Wildman–Crippen LogP) is 3.59. The molecule has 24 heavy (non-hydrogen) atoms. The van der Waals surface area contributed by atoms with Crippen LogP contribution in [0.2, 0.25) is 0 Å². The van der Waals surface area contributed by atoms with Crippen molar-refractivity contribution in [3.8, 4) is 11.4 Å². The summed E-state index contributed by atoms with van der Waals surface area (Å²) in [5.74, 6) is 0.750. The lowest BCUT2D eigenvalue weighted by Crippen LogP contribution is -2.12. The van der Waals surface area contributed by atoms with Gasteiger partial charge in [-0.25, -0.2) is 9.97 Å². The van der Waals surface area contributed by atoms with E-state index in [0.717, 1.165) is 28.2 Å². The number of hydrogen-bond acceptors (Lipinski definition) is 4. The Labute approximate surface area is 142 Å². The molecule has 7 heteroatoms. The quantitative estimate of drug-likeness (QED) is 0.520. The minimum absolute atomic E-state index is 0.0668. The van der Waals surface area contributed by atoms with E-state index in [2.05, 4.69) is 25.3 Å². The zero-order chi connectivity index (χ0) is 16.4. The lowest BCUT2D eigenvalue weighted by Gasteiger charge is -2.00. The van der Waals surface area contributed by atoms with Gasteiger partial charge in [0.25, 0.3) is 0 Å². The number of carbonyl (C=O) groups excluding carboxylic acids is 1. The SMILES string of the molecule is O=C(CCc1nc2ccccc2[nH]1)Nc1nc(-c2ccc[nH]2)cs1. The van der Waals surface area contributed by atoms with Crippen LogP contribution < -0.4 is 5.32 Å². The van der Waals surface area contributed by atoms with Gasteiger partial charge in [-0.15, -0.1) is 11.3 Å². The zero-order valence-electron chi connectivity index (χ0n) is 12.7. The van der Waals surface area contributed by atoms with Gasteiger partial charge in [0.05, 0.1) is 22.4 Å². The minimum atomic E-state index is -0.0668. The Hall–Kier alpha value is -2.93. The van der Waals surface area contributed by atoms with E-state index in [-0.39, 0.29) is 5.91 Å². The Morgan fingerprint density at radius 1 is 1.17 bits per heavy atom. The second-order valence-electron chi connectivity index (χ2n) is 5.37. The number of H-pyrrole nitrogens is 2. The van der Waals surface area contributed by atoms with Crippen molar-refractivity contribution in [2.45, 2.75) is 12.8 Å². The summed E-state index contributed by atoms with van der Waals surface area (Å²) in [6.07, 6.45) is 2.77. The first-order chi connectivity index (χ1) is 11.8. The molecule has 3 N–H and O–H groups in total. The first kappa shape index (κ1) is 14.6. The molecule has 4 rings (SSSR count). The number of aromatic amines is 2. The number of imidazole rings is 1. The summed E-state index contributed by atoms with van der Waals surface area (Å²) in [5.41, 5.74) is 3.68. The van der Waals surface area contributed by atoms with Gasteiger partial charge in [0.2, 0.25) is 5.91 Å². The van der Waals surface area contributed by atoms with Crippen LogP contribution in [0, 0.1) is 0 Å². The van der Waals surface area contributed by atoms with Gasteiger partial charge in [0, 0.05) is 24.4 Å². The van der Waals surface area contributed by atoms with E-state index in [0.29, 0.717) is 18.0 Å². The van der Waals surface area contributed by atoms with E-state index in [4.69, 9.17) is 0 Å². The van der Waals surface area contributed by atoms with E-state index in [1.807, 2.05) is 48.0 Å². The first-order valence-corrected chi connectivity index (χ1v) is 8.49. The third kappa shape index (κ3) is 3.07. The summed E-state index contributed by atoms with van der Waals surface area (Å²) < 4.78 is 0. The number of thiazole rings is 1. The molecule has 0 aliphatic heterocycles. The minimum Gasteiger partial charge on any atom is -0.360 e. The Morgan fingerprint density at radius 3 is 2.92 bits per heavy atom. The average molecular weight is 337 g/mol. The number of carbonyl (C=O) groups is 1. The number of aromatic nitrogens is 4. The van der Waals surface area contributed by atoms with Gasteiger partial charge in [-0.1, -0.05) is 12.1 Å². The molecule has 0 spiro atoms. The van der Waals surface area contributed by atoms with Crippen molar-refractivity contribution in [1.29, 1.82) is 0 Å². The highest BCUT2D eigenvalue weighted by molar-refractivity contribution is 7.14. The Kier molecular flexibility index (Phi) is 3.84. The molecule has 0 unspecified atom stereocenters. The smallest absolute Gasteiger partial charge is 0.226 e. The van der Waals surface area contributed by atoms with E-state index >= 15 is 0 Å². The monoisotopic (exact) mass is 337 g/mol. The van der Waals surface area contributed by atoms with Gasteiger partial charge in [-0.3, -0.25) is 4.79 Å². The molecule has 0 aliphatic rings. The summed E-state index contributed by atoms with van der Waals surface area (Å²) in [5, 5.41) is 5.36. The van der Waals surface area contributed by atoms with E-state index in [1.165, 1.54) is 11.3 Å². The molecule has 0 saturated heterocycles. The lowest BCUT2D eigenvalue weighted by molar-refractivity contribution is -0.116. The fourth-order valence-corrected chi connectivity index (χ4v) is 3.21. The first-order valence-electron chi connectivity index (χ1n) is 7.61. The summed E-state index contributed by atoms with van der Waals surface area (Å²) in [7, 11) is 0. The largest absolute Gasteiger partial charge is 0.360 e. The summed E-state index contributed by atoms with van der Waals surface area (Å²) >= 11 is 1.42. The molecule has 1 amide bonds. The molecule has 3 aromatic heterocycles. The van der Waals surface area contributed by atoms with Crippen molar-refractivity contribution in [2.24, 2.45) is 0 Å². The van der Waals surface area contributed by atoms with Gasteiger partial charge >= 0.3 is 0 Å². The summed E-state index contributed by atoms with van der Waals surface area (Å²) in [6.45, 7) is 0. The number of nitrogens with one attached hydrogen (secondary N) is 3. The third-order valence-electron chi connectivity index (χ3n) is 3.65. The van der Waals surface area contributed by atoms with Crippen LogP contribution in [0.3, 0.4) is 0 Å². The van der Waals surface area contributed by atoms with Crippen LogP contribution in [0.1, 0.15) is 12.2 Å². The topological polar surface area (TPSA) is 86.5 Å². The third-order valence-corrected chi connectivity index (χ3v) is 4.41. The number of nitrogens with zero attached hydrogens (tertiary/aromatic N) is 2. The van der Waals surface area contributed by atoms with Crippen LogP contribution in [0.4, 0.5) is 5.13 Å². The van der Waals surface area contributed by atoms with Crippen LogP contribution in [-0.4, -0.2) is 25.8 Å². The maximum absolute atomic E-state index is 12.1. The highest BCUT2D eigenvalue weighted by atomic mass is 32.1. The molecule has 0 bridgehead atoms. The average Bonchev–Trinajstić information content (AvgIpc) is 3.32. The Balaban J connectivity index is 1.36. The van der Waals surface area contributed by atoms with Crippen LogP contribution in [0.5, 0.6) is 0 Å². The molecule has 0 aliphatic carbocycles. The molecule has 1 aromatic carbocycles. The number of anilines is 1. The fourth-order valence-electron chi connectivity index (χ4n) is 2.48. The zero-order valence-corrected chi connectivity index (χ0v) is 13.6. The van der Waals surface area contributed by atoms with Crippen LogP contribution >= 0.6 is 11.3 Å². The molecule has 0 atom stereocenters. The van der Waals surface area contributed by atoms with Crippen molar-refractivity contribution < 1.29 is 4.79 Å². The normalized spacial score (nSPS) is 11.0. The molecule has 3 heterocycles. The molecule has 0 fully saturated rings. The molecule has 120 valence electrons. The summed E-state index contributed by atoms with van der Waals surface area (Å²) in [6, 6.07) is 11.7. The highest BCUT2D eigenvalue weighted by Crippen LogP contribution is 2.23. The summed E-state index contributed by atoms with van der Waals surface area (Å²) in [4.78, 5) is 27.3. The number of para-hydroxylation sites is 2. The molecule has 6 nitrogen and oxygen atoms in total. The number of rotatable bonds is 5. The lowest BCUT2D eigenvalue weighted by atomic mass is 10.3. The van der Waals surface area contributed by atoms with Gasteiger partial charge < -0.3 is 15.3 Å². The molecule has 0 radical (unpaired) electrons.